The smallest absolute Gasteiger partial charge is 0.199 e. The van der Waals surface area contributed by atoms with Gasteiger partial charge in [0.05, 0.1) is 5.69 Å². The first kappa shape index (κ1) is 19.8. The normalized spacial score (nSPS) is 13.9. The first-order valence-corrected chi connectivity index (χ1v) is 8.35. The van der Waals surface area contributed by atoms with Gasteiger partial charge < -0.3 is 4.90 Å². The van der Waals surface area contributed by atoms with Crippen molar-refractivity contribution >= 4 is 5.69 Å². The molecule has 0 N–H and O–H groups in total. The zero-order valence-electron chi connectivity index (χ0n) is 14.4. The van der Waals surface area contributed by atoms with Crippen molar-refractivity contribution in [2.45, 2.75) is 52.9 Å². The van der Waals surface area contributed by atoms with Gasteiger partial charge in [-0.1, -0.05) is 46.5 Å². The Labute approximate surface area is 136 Å². The molecule has 2 unspecified atom stereocenters. The van der Waals surface area contributed by atoms with Gasteiger partial charge in [0.1, 0.15) is 0 Å². The molecule has 0 saturated heterocycles. The van der Waals surface area contributed by atoms with E-state index in [2.05, 4.69) is 13.8 Å². The Kier molecular flexibility index (Phi) is 7.86. The lowest BCUT2D eigenvalue weighted by Gasteiger charge is -2.25. The minimum Gasteiger partial charge on any atom is -0.372 e. The zero-order valence-corrected chi connectivity index (χ0v) is 14.4. The SMILES string of the molecule is CCCC(CC)CCC(C)CN(C)c1cc(F)c(F)c(F)c1F. The van der Waals surface area contributed by atoms with E-state index < -0.39 is 23.3 Å². The second-order valence-corrected chi connectivity index (χ2v) is 6.45. The maximum atomic E-state index is 13.8. The van der Waals surface area contributed by atoms with Crippen LogP contribution in [0.5, 0.6) is 0 Å². The molecule has 132 valence electrons. The van der Waals surface area contributed by atoms with Crippen LogP contribution in [0.25, 0.3) is 0 Å². The van der Waals surface area contributed by atoms with Gasteiger partial charge in [0.2, 0.25) is 0 Å². The lowest BCUT2D eigenvalue weighted by Crippen LogP contribution is -2.26. The highest BCUT2D eigenvalue weighted by Crippen LogP contribution is 2.27. The van der Waals surface area contributed by atoms with Crippen LogP contribution in [0.3, 0.4) is 0 Å². The second-order valence-electron chi connectivity index (χ2n) is 6.45. The van der Waals surface area contributed by atoms with Crippen LogP contribution in [0.15, 0.2) is 6.07 Å². The molecule has 0 fully saturated rings. The molecule has 0 saturated carbocycles. The summed E-state index contributed by atoms with van der Waals surface area (Å²) in [5.41, 5.74) is -0.242. The van der Waals surface area contributed by atoms with Gasteiger partial charge in [-0.25, -0.2) is 17.6 Å². The van der Waals surface area contributed by atoms with Gasteiger partial charge in [-0.2, -0.15) is 0 Å². The number of rotatable bonds is 9. The number of halogens is 4. The van der Waals surface area contributed by atoms with Gasteiger partial charge in [0, 0.05) is 19.7 Å². The fourth-order valence-electron chi connectivity index (χ4n) is 2.98. The Morgan fingerprint density at radius 2 is 1.61 bits per heavy atom. The van der Waals surface area contributed by atoms with Gasteiger partial charge in [-0.05, 0) is 18.3 Å². The Balaban J connectivity index is 2.67. The van der Waals surface area contributed by atoms with Crippen LogP contribution in [0.1, 0.15) is 52.9 Å². The van der Waals surface area contributed by atoms with E-state index in [4.69, 9.17) is 0 Å². The van der Waals surface area contributed by atoms with Gasteiger partial charge >= 0.3 is 0 Å². The van der Waals surface area contributed by atoms with E-state index in [0.717, 1.165) is 25.7 Å². The molecule has 0 aliphatic rings. The van der Waals surface area contributed by atoms with Crippen LogP contribution >= 0.6 is 0 Å². The summed E-state index contributed by atoms with van der Waals surface area (Å²) < 4.78 is 53.4. The molecule has 0 spiro atoms. The Bertz CT molecular complexity index is 504. The molecular formula is C18H27F4N. The Morgan fingerprint density at radius 3 is 2.17 bits per heavy atom. The van der Waals surface area contributed by atoms with Crippen LogP contribution in [0.2, 0.25) is 0 Å². The van der Waals surface area contributed by atoms with Crippen molar-refractivity contribution < 1.29 is 17.6 Å². The van der Waals surface area contributed by atoms with Crippen molar-refractivity contribution in [3.8, 4) is 0 Å². The maximum absolute atomic E-state index is 13.8. The number of hydrogen-bond acceptors (Lipinski definition) is 1. The standard InChI is InChI=1S/C18H27F4N/c1-5-7-13(6-2)9-8-12(3)11-23(4)15-10-14(19)16(20)18(22)17(15)21/h10,12-13H,5-9,11H2,1-4H3. The topological polar surface area (TPSA) is 3.24 Å². The van der Waals surface area contributed by atoms with Crippen molar-refractivity contribution in [2.75, 3.05) is 18.5 Å². The summed E-state index contributed by atoms with van der Waals surface area (Å²) in [6.07, 6.45) is 5.55. The number of benzene rings is 1. The average Bonchev–Trinajstić information content (AvgIpc) is 2.52. The first-order valence-electron chi connectivity index (χ1n) is 8.35. The minimum absolute atomic E-state index is 0.242. The lowest BCUT2D eigenvalue weighted by molar-refractivity contribution is 0.376. The minimum atomic E-state index is -1.77. The lowest BCUT2D eigenvalue weighted by atomic mass is 9.91. The molecule has 1 aromatic carbocycles. The van der Waals surface area contributed by atoms with Crippen LogP contribution in [-0.2, 0) is 0 Å². The van der Waals surface area contributed by atoms with Crippen molar-refractivity contribution in [3.05, 3.63) is 29.3 Å². The molecule has 0 radical (unpaired) electrons. The molecule has 1 aromatic rings. The molecule has 0 aromatic heterocycles. The van der Waals surface area contributed by atoms with E-state index in [1.54, 1.807) is 7.05 Å². The molecule has 0 heterocycles. The molecule has 0 amide bonds. The highest BCUT2D eigenvalue weighted by Gasteiger charge is 2.22. The largest absolute Gasteiger partial charge is 0.372 e. The third kappa shape index (κ3) is 5.40. The van der Waals surface area contributed by atoms with E-state index in [-0.39, 0.29) is 11.6 Å². The molecular weight excluding hydrogens is 306 g/mol. The predicted molar refractivity (Wildman–Crippen MR) is 86.6 cm³/mol. The molecule has 0 aliphatic carbocycles. The Hall–Kier alpha value is -1.26. The van der Waals surface area contributed by atoms with Gasteiger partial charge in [0.25, 0.3) is 0 Å². The van der Waals surface area contributed by atoms with E-state index >= 15 is 0 Å². The van der Waals surface area contributed by atoms with Crippen LogP contribution in [-0.4, -0.2) is 13.6 Å². The summed E-state index contributed by atoms with van der Waals surface area (Å²) in [5, 5.41) is 0. The zero-order chi connectivity index (χ0) is 17.6. The molecule has 0 bridgehead atoms. The van der Waals surface area contributed by atoms with Crippen molar-refractivity contribution in [2.24, 2.45) is 11.8 Å². The fourth-order valence-corrected chi connectivity index (χ4v) is 2.98. The molecule has 1 nitrogen and oxygen atoms in total. The summed E-state index contributed by atoms with van der Waals surface area (Å²) in [5.74, 6) is -5.29. The van der Waals surface area contributed by atoms with Crippen LogP contribution < -0.4 is 4.90 Å². The molecule has 0 aliphatic heterocycles. The van der Waals surface area contributed by atoms with Crippen LogP contribution in [0, 0.1) is 35.1 Å². The first-order chi connectivity index (χ1) is 10.8. The fraction of sp³-hybridized carbons (Fsp3) is 0.667. The van der Waals surface area contributed by atoms with E-state index in [1.807, 2.05) is 6.92 Å². The number of anilines is 1. The highest BCUT2D eigenvalue weighted by molar-refractivity contribution is 5.48. The molecule has 1 rings (SSSR count). The third-order valence-corrected chi connectivity index (χ3v) is 4.42. The van der Waals surface area contributed by atoms with Gasteiger partial charge in [-0.3, -0.25) is 0 Å². The van der Waals surface area contributed by atoms with E-state index in [1.165, 1.54) is 11.3 Å². The predicted octanol–water partition coefficient (Wildman–Crippen LogP) is 5.92. The third-order valence-electron chi connectivity index (χ3n) is 4.42. The number of hydrogen-bond donors (Lipinski definition) is 0. The Morgan fingerprint density at radius 1 is 0.957 bits per heavy atom. The van der Waals surface area contributed by atoms with Crippen molar-refractivity contribution in [1.29, 1.82) is 0 Å². The summed E-state index contributed by atoms with van der Waals surface area (Å²) in [6.45, 7) is 6.84. The van der Waals surface area contributed by atoms with Crippen LogP contribution in [0.4, 0.5) is 23.2 Å². The van der Waals surface area contributed by atoms with E-state index in [9.17, 15) is 17.6 Å². The van der Waals surface area contributed by atoms with Crippen molar-refractivity contribution in [3.63, 3.8) is 0 Å². The second kappa shape index (κ2) is 9.14. The van der Waals surface area contributed by atoms with Crippen molar-refractivity contribution in [1.82, 2.24) is 0 Å². The summed E-state index contributed by atoms with van der Waals surface area (Å²) in [4.78, 5) is 1.45. The van der Waals surface area contributed by atoms with E-state index in [0.29, 0.717) is 18.5 Å². The molecule has 23 heavy (non-hydrogen) atoms. The number of nitrogens with zero attached hydrogens (tertiary/aromatic N) is 1. The molecule has 5 heteroatoms. The monoisotopic (exact) mass is 333 g/mol. The quantitative estimate of drug-likeness (QED) is 0.308. The van der Waals surface area contributed by atoms with Gasteiger partial charge in [-0.15, -0.1) is 0 Å². The average molecular weight is 333 g/mol. The summed E-state index contributed by atoms with van der Waals surface area (Å²) in [7, 11) is 1.56. The summed E-state index contributed by atoms with van der Waals surface area (Å²) in [6, 6.07) is 0.715. The highest BCUT2D eigenvalue weighted by atomic mass is 19.2. The maximum Gasteiger partial charge on any atom is 0.199 e. The van der Waals surface area contributed by atoms with Gasteiger partial charge in [0.15, 0.2) is 23.3 Å². The summed E-state index contributed by atoms with van der Waals surface area (Å²) >= 11 is 0. The molecule has 2 atom stereocenters.